The lowest BCUT2D eigenvalue weighted by Gasteiger charge is -2.23. The number of hydrogen-bond acceptors (Lipinski definition) is 11. The highest BCUT2D eigenvalue weighted by molar-refractivity contribution is 7.93. The number of benzene rings is 3. The first-order valence-corrected chi connectivity index (χ1v) is 14.4. The lowest BCUT2D eigenvalue weighted by molar-refractivity contribution is -0.384. The van der Waals surface area contributed by atoms with Crippen LogP contribution in [0.3, 0.4) is 0 Å². The standard InChI is InChI=1S/C28H21N3O9S2/c1-15-3-5-16(6-4-15)25(33)23-24(17-7-12-20(32)21(13-17)40-2)30(27(35)26(23)34)28-29-14-22(41-28)42(38,39)19-10-8-18(9-11-19)31(36)37/h3-14,24,32-33H,1-2H3. The predicted octanol–water partition coefficient (Wildman–Crippen LogP) is 4.53. The predicted molar refractivity (Wildman–Crippen MR) is 151 cm³/mol. The number of aryl methyl sites for hydroxylation is 1. The van der Waals surface area contributed by atoms with Crippen LogP contribution in [0.2, 0.25) is 0 Å². The molecule has 4 aromatic rings. The Morgan fingerprint density at radius 2 is 1.74 bits per heavy atom. The van der Waals surface area contributed by atoms with Crippen LogP contribution in [0.25, 0.3) is 5.76 Å². The molecule has 2 heterocycles. The number of carbonyl (C=O) groups is 2. The molecule has 1 atom stereocenters. The molecule has 12 nitrogen and oxygen atoms in total. The van der Waals surface area contributed by atoms with Crippen LogP contribution in [0.1, 0.15) is 22.7 Å². The second-order valence-electron chi connectivity index (χ2n) is 9.18. The molecule has 3 aromatic carbocycles. The zero-order chi connectivity index (χ0) is 30.3. The fraction of sp³-hybridized carbons (Fsp3) is 0.107. The van der Waals surface area contributed by atoms with E-state index in [9.17, 15) is 38.3 Å². The number of nitro benzene ring substituents is 1. The highest BCUT2D eigenvalue weighted by Crippen LogP contribution is 2.45. The number of rotatable bonds is 7. The molecule has 5 rings (SSSR count). The number of ether oxygens (including phenoxy) is 1. The molecule has 1 aromatic heterocycles. The van der Waals surface area contributed by atoms with E-state index < -0.39 is 38.3 Å². The number of phenolic OH excluding ortho intramolecular Hbond substituents is 1. The highest BCUT2D eigenvalue weighted by atomic mass is 32.2. The number of hydrogen-bond donors (Lipinski definition) is 2. The maximum absolute atomic E-state index is 13.4. The lowest BCUT2D eigenvalue weighted by atomic mass is 9.95. The van der Waals surface area contributed by atoms with Crippen molar-refractivity contribution in [3.05, 3.63) is 105 Å². The molecule has 1 aliphatic heterocycles. The molecule has 0 radical (unpaired) electrons. The fourth-order valence-electron chi connectivity index (χ4n) is 4.43. The number of nitro groups is 1. The van der Waals surface area contributed by atoms with Crippen molar-refractivity contribution in [2.24, 2.45) is 0 Å². The third kappa shape index (κ3) is 4.86. The van der Waals surface area contributed by atoms with Crippen LogP contribution < -0.4 is 9.64 Å². The van der Waals surface area contributed by atoms with E-state index in [1.165, 1.54) is 25.3 Å². The van der Waals surface area contributed by atoms with Gasteiger partial charge >= 0.3 is 5.91 Å². The van der Waals surface area contributed by atoms with Gasteiger partial charge in [0.15, 0.2) is 16.6 Å². The van der Waals surface area contributed by atoms with Gasteiger partial charge in [-0.3, -0.25) is 24.6 Å². The maximum Gasteiger partial charge on any atom is 0.301 e. The van der Waals surface area contributed by atoms with Gasteiger partial charge in [0, 0.05) is 17.7 Å². The molecule has 2 N–H and O–H groups in total. The smallest absolute Gasteiger partial charge is 0.301 e. The van der Waals surface area contributed by atoms with Crippen LogP contribution >= 0.6 is 11.3 Å². The molecule has 0 bridgehead atoms. The number of aromatic nitrogens is 1. The Bertz CT molecular complexity index is 1880. The van der Waals surface area contributed by atoms with Gasteiger partial charge in [0.2, 0.25) is 9.84 Å². The van der Waals surface area contributed by atoms with Gasteiger partial charge in [-0.1, -0.05) is 47.2 Å². The van der Waals surface area contributed by atoms with Crippen LogP contribution in [0.5, 0.6) is 11.5 Å². The Hall–Kier alpha value is -5.08. The second kappa shape index (κ2) is 10.7. The zero-order valence-corrected chi connectivity index (χ0v) is 23.5. The van der Waals surface area contributed by atoms with E-state index in [1.54, 1.807) is 24.3 Å². The van der Waals surface area contributed by atoms with E-state index in [2.05, 4.69) is 4.98 Å². The number of non-ortho nitro benzene ring substituents is 1. The van der Waals surface area contributed by atoms with Crippen LogP contribution in [-0.4, -0.2) is 47.3 Å². The van der Waals surface area contributed by atoms with Crippen molar-refractivity contribution in [3.8, 4) is 11.5 Å². The van der Waals surface area contributed by atoms with Crippen molar-refractivity contribution in [3.63, 3.8) is 0 Å². The molecular formula is C28H21N3O9S2. The van der Waals surface area contributed by atoms with Crippen LogP contribution in [-0.2, 0) is 19.4 Å². The number of aliphatic hydroxyl groups is 1. The quantitative estimate of drug-likeness (QED) is 0.0997. The largest absolute Gasteiger partial charge is 0.507 e. The minimum absolute atomic E-state index is 0.0361. The summed E-state index contributed by atoms with van der Waals surface area (Å²) in [6.07, 6.45) is 1.02. The van der Waals surface area contributed by atoms with Gasteiger partial charge in [0.25, 0.3) is 11.5 Å². The van der Waals surface area contributed by atoms with Gasteiger partial charge in [-0.15, -0.1) is 0 Å². The number of nitrogens with zero attached hydrogens (tertiary/aromatic N) is 3. The molecule has 1 amide bonds. The third-order valence-electron chi connectivity index (χ3n) is 6.59. The van der Waals surface area contributed by atoms with Crippen molar-refractivity contribution < 1.29 is 37.9 Å². The number of ketones is 1. The number of amides is 1. The van der Waals surface area contributed by atoms with Crippen LogP contribution in [0, 0.1) is 17.0 Å². The number of sulfone groups is 1. The number of Topliss-reactive ketones (excluding diaryl/α,β-unsaturated/α-hetero) is 1. The molecule has 1 saturated heterocycles. The Balaban J connectivity index is 1.65. The molecule has 14 heteroatoms. The molecule has 1 aliphatic rings. The normalized spacial score (nSPS) is 16.5. The zero-order valence-electron chi connectivity index (χ0n) is 21.9. The third-order valence-corrected chi connectivity index (χ3v) is 9.82. The molecular weight excluding hydrogens is 586 g/mol. The van der Waals surface area contributed by atoms with E-state index in [1.807, 2.05) is 6.92 Å². The van der Waals surface area contributed by atoms with Gasteiger partial charge < -0.3 is 14.9 Å². The van der Waals surface area contributed by atoms with Crippen molar-refractivity contribution >= 4 is 49.4 Å². The Kier molecular flexibility index (Phi) is 7.26. The average molecular weight is 608 g/mol. The van der Waals surface area contributed by atoms with Crippen molar-refractivity contribution in [1.82, 2.24) is 4.98 Å². The van der Waals surface area contributed by atoms with Gasteiger partial charge in [-0.25, -0.2) is 13.4 Å². The molecule has 42 heavy (non-hydrogen) atoms. The molecule has 214 valence electrons. The van der Waals surface area contributed by atoms with Crippen LogP contribution in [0.4, 0.5) is 10.8 Å². The maximum atomic E-state index is 13.4. The molecule has 1 unspecified atom stereocenters. The Morgan fingerprint density at radius 3 is 2.36 bits per heavy atom. The number of carbonyl (C=O) groups excluding carboxylic acids is 2. The molecule has 0 aliphatic carbocycles. The van der Waals surface area contributed by atoms with Crippen molar-refractivity contribution in [1.29, 1.82) is 0 Å². The molecule has 1 fully saturated rings. The number of anilines is 1. The van der Waals surface area contributed by atoms with E-state index in [0.717, 1.165) is 40.9 Å². The average Bonchev–Trinajstić information content (AvgIpc) is 3.57. The minimum Gasteiger partial charge on any atom is -0.507 e. The number of thiazole rings is 1. The van der Waals surface area contributed by atoms with Gasteiger partial charge in [-0.2, -0.15) is 0 Å². The van der Waals surface area contributed by atoms with Crippen molar-refractivity contribution in [2.45, 2.75) is 22.1 Å². The summed E-state index contributed by atoms with van der Waals surface area (Å²) in [6.45, 7) is 1.84. The summed E-state index contributed by atoms with van der Waals surface area (Å²) in [4.78, 5) is 42.0. The summed E-state index contributed by atoms with van der Waals surface area (Å²) in [5.41, 5.74) is 0.880. The van der Waals surface area contributed by atoms with E-state index in [-0.39, 0.29) is 48.1 Å². The summed E-state index contributed by atoms with van der Waals surface area (Å²) in [6, 6.07) is 13.8. The SMILES string of the molecule is COc1cc(C2C(=C(O)c3ccc(C)cc3)C(=O)C(=O)N2c2ncc(S(=O)(=O)c3ccc([N+](=O)[O-])cc3)s2)ccc1O. The Morgan fingerprint density at radius 1 is 1.07 bits per heavy atom. The first-order valence-electron chi connectivity index (χ1n) is 12.1. The summed E-state index contributed by atoms with van der Waals surface area (Å²) in [5.74, 6) is -2.71. The van der Waals surface area contributed by atoms with Gasteiger partial charge in [-0.05, 0) is 36.8 Å². The van der Waals surface area contributed by atoms with E-state index >= 15 is 0 Å². The number of aliphatic hydroxyl groups excluding tert-OH is 1. The number of phenols is 1. The summed E-state index contributed by atoms with van der Waals surface area (Å²) >= 11 is 0.606. The van der Waals surface area contributed by atoms with E-state index in [0.29, 0.717) is 11.3 Å². The second-order valence-corrected chi connectivity index (χ2v) is 12.4. The monoisotopic (exact) mass is 607 g/mol. The minimum atomic E-state index is -4.20. The fourth-order valence-corrected chi connectivity index (χ4v) is 6.97. The topological polar surface area (TPSA) is 177 Å². The Labute approximate surface area is 242 Å². The summed E-state index contributed by atoms with van der Waals surface area (Å²) < 4.78 is 31.5. The van der Waals surface area contributed by atoms with Gasteiger partial charge in [0.05, 0.1) is 34.7 Å². The summed E-state index contributed by atoms with van der Waals surface area (Å²) in [7, 11) is -2.88. The summed E-state index contributed by atoms with van der Waals surface area (Å²) in [5, 5.41) is 32.2. The number of methoxy groups -OCH3 is 1. The number of aromatic hydroxyl groups is 1. The van der Waals surface area contributed by atoms with Crippen molar-refractivity contribution in [2.75, 3.05) is 12.0 Å². The first kappa shape index (κ1) is 28.4. The lowest BCUT2D eigenvalue weighted by Crippen LogP contribution is -2.29. The highest BCUT2D eigenvalue weighted by Gasteiger charge is 2.48. The molecule has 0 saturated carbocycles. The van der Waals surface area contributed by atoms with Gasteiger partial charge in [0.1, 0.15) is 9.97 Å². The first-order chi connectivity index (χ1) is 19.9. The molecule has 0 spiro atoms. The van der Waals surface area contributed by atoms with Crippen LogP contribution in [0.15, 0.2) is 87.6 Å². The van der Waals surface area contributed by atoms with E-state index in [4.69, 9.17) is 4.74 Å².